The SMILES string of the molecule is CCCC(C)c1cccnc1.CCN(C(=O)/C=C\n1cnc(-c2cc(C)cc(C(F)(F)F)c2)n1)C(C)c1cccnc1.Cc1cc(-c2ncn(/C=C\C(=O)O)n2)cc(C(F)(F)F)c1. The molecule has 0 saturated carbocycles. The van der Waals surface area contributed by atoms with Crippen LogP contribution in [0.4, 0.5) is 26.3 Å². The first kappa shape index (κ1) is 48.7. The molecule has 4 aromatic heterocycles. The zero-order valence-electron chi connectivity index (χ0n) is 35.4. The number of hydrogen-bond donors (Lipinski definition) is 1. The lowest BCUT2D eigenvalue weighted by atomic mass is 9.99. The van der Waals surface area contributed by atoms with Gasteiger partial charge < -0.3 is 10.0 Å². The van der Waals surface area contributed by atoms with Gasteiger partial charge in [-0.15, -0.1) is 10.2 Å². The highest BCUT2D eigenvalue weighted by atomic mass is 19.4. The van der Waals surface area contributed by atoms with E-state index in [1.54, 1.807) is 37.2 Å². The fraction of sp³-hybridized carbons (Fsp3) is 0.289. The molecule has 0 spiro atoms. The number of hydrogen-bond acceptors (Lipinski definition) is 8. The predicted molar refractivity (Wildman–Crippen MR) is 226 cm³/mol. The Bertz CT molecular complexity index is 2470. The van der Waals surface area contributed by atoms with Crippen molar-refractivity contribution in [2.75, 3.05) is 6.54 Å². The highest BCUT2D eigenvalue weighted by Gasteiger charge is 2.32. The molecule has 0 aliphatic rings. The standard InChI is InChI=1S/C22H22F3N5O.C13H10F3N3O2.C10H15N/c1-4-30(16(3)17-6-5-8-26-13-17)20(31)7-9-29-14-27-21(28-29)18-10-15(2)11-19(12-18)22(23,24)25;1-8-4-9(6-10(5-8)13(14,15)16)12-17-7-19(18-12)3-2-11(20)21;1-3-5-9(2)10-6-4-7-11-8-10/h5-14,16H,4H2,1-3H3;2-7H,1H3,(H,20,21);4,6-9H,3,5H2,1-2H3/b9-7-;3-2-;. The van der Waals surface area contributed by atoms with E-state index < -0.39 is 29.4 Å². The highest BCUT2D eigenvalue weighted by Crippen LogP contribution is 2.34. The minimum Gasteiger partial charge on any atom is -0.478 e. The van der Waals surface area contributed by atoms with Gasteiger partial charge in [0.25, 0.3) is 0 Å². The van der Waals surface area contributed by atoms with E-state index in [9.17, 15) is 35.9 Å². The molecule has 0 saturated heterocycles. The van der Waals surface area contributed by atoms with Crippen LogP contribution in [0.5, 0.6) is 0 Å². The van der Waals surface area contributed by atoms with Crippen LogP contribution in [0, 0.1) is 13.8 Å². The number of pyridine rings is 2. The summed E-state index contributed by atoms with van der Waals surface area (Å²) in [6.45, 7) is 11.9. The summed E-state index contributed by atoms with van der Waals surface area (Å²) in [7, 11) is 0. The van der Waals surface area contributed by atoms with Gasteiger partial charge in [0, 0.05) is 67.0 Å². The number of carbonyl (C=O) groups excluding carboxylic acids is 1. The second-order valence-electron chi connectivity index (χ2n) is 14.3. The molecule has 332 valence electrons. The number of rotatable bonds is 12. The fourth-order valence-corrected chi connectivity index (χ4v) is 6.18. The number of carboxylic acids is 1. The first-order valence-electron chi connectivity index (χ1n) is 19.7. The van der Waals surface area contributed by atoms with Gasteiger partial charge in [-0.25, -0.2) is 24.1 Å². The number of benzene rings is 2. The van der Waals surface area contributed by atoms with Gasteiger partial charge in [-0.3, -0.25) is 14.8 Å². The maximum absolute atomic E-state index is 13.1. The Hall–Kier alpha value is -6.98. The molecule has 6 rings (SSSR count). The molecule has 1 amide bonds. The number of alkyl halides is 6. The number of nitrogens with zero attached hydrogens (tertiary/aromatic N) is 9. The van der Waals surface area contributed by atoms with Crippen molar-refractivity contribution in [3.63, 3.8) is 0 Å². The van der Waals surface area contributed by atoms with Crippen molar-refractivity contribution >= 4 is 24.3 Å². The van der Waals surface area contributed by atoms with Crippen LogP contribution in [0.25, 0.3) is 35.2 Å². The summed E-state index contributed by atoms with van der Waals surface area (Å²) < 4.78 is 79.9. The highest BCUT2D eigenvalue weighted by molar-refractivity contribution is 5.90. The summed E-state index contributed by atoms with van der Waals surface area (Å²) in [4.78, 5) is 40.8. The summed E-state index contributed by atoms with van der Waals surface area (Å²) in [5, 5.41) is 16.6. The second-order valence-corrected chi connectivity index (χ2v) is 14.3. The number of amides is 1. The largest absolute Gasteiger partial charge is 0.478 e. The van der Waals surface area contributed by atoms with Crippen molar-refractivity contribution < 1.29 is 41.0 Å². The summed E-state index contributed by atoms with van der Waals surface area (Å²) in [5.74, 6) is -0.511. The molecule has 0 radical (unpaired) electrons. The van der Waals surface area contributed by atoms with Gasteiger partial charge in [0.05, 0.1) is 17.2 Å². The van der Waals surface area contributed by atoms with E-state index in [0.717, 1.165) is 46.8 Å². The summed E-state index contributed by atoms with van der Waals surface area (Å²) in [6, 6.07) is 14.9. The van der Waals surface area contributed by atoms with Crippen LogP contribution < -0.4 is 0 Å². The van der Waals surface area contributed by atoms with Gasteiger partial charge in [0.1, 0.15) is 12.7 Å². The van der Waals surface area contributed by atoms with Crippen molar-refractivity contribution in [1.29, 1.82) is 0 Å². The number of halogens is 6. The molecule has 63 heavy (non-hydrogen) atoms. The van der Waals surface area contributed by atoms with Gasteiger partial charge in [0.2, 0.25) is 5.91 Å². The Morgan fingerprint density at radius 1 is 0.730 bits per heavy atom. The van der Waals surface area contributed by atoms with Crippen molar-refractivity contribution in [3.05, 3.63) is 144 Å². The van der Waals surface area contributed by atoms with Crippen LogP contribution in [0.2, 0.25) is 0 Å². The van der Waals surface area contributed by atoms with E-state index >= 15 is 0 Å². The molecule has 1 N–H and O–H groups in total. The lowest BCUT2D eigenvalue weighted by Crippen LogP contribution is -2.32. The van der Waals surface area contributed by atoms with E-state index in [4.69, 9.17) is 5.11 Å². The van der Waals surface area contributed by atoms with E-state index in [1.165, 1.54) is 54.1 Å². The Kier molecular flexibility index (Phi) is 17.2. The Balaban J connectivity index is 0.000000233. The molecule has 0 aliphatic carbocycles. The molecule has 12 nitrogen and oxygen atoms in total. The number of aliphatic carboxylic acids is 1. The van der Waals surface area contributed by atoms with E-state index in [0.29, 0.717) is 23.6 Å². The minimum absolute atomic E-state index is 0.0826. The molecule has 2 unspecified atom stereocenters. The average molecular weight is 876 g/mol. The third-order valence-corrected chi connectivity index (χ3v) is 9.32. The fourth-order valence-electron chi connectivity index (χ4n) is 6.18. The van der Waals surface area contributed by atoms with Crippen LogP contribution in [-0.4, -0.2) is 67.9 Å². The minimum atomic E-state index is -4.45. The van der Waals surface area contributed by atoms with Gasteiger partial charge in [0.15, 0.2) is 11.6 Å². The molecular weight excluding hydrogens is 829 g/mol. The van der Waals surface area contributed by atoms with E-state index in [-0.39, 0.29) is 34.7 Å². The quantitative estimate of drug-likeness (QED) is 0.0938. The Labute approximate surface area is 360 Å². The third kappa shape index (κ3) is 14.9. The van der Waals surface area contributed by atoms with Gasteiger partial charge in [-0.05, 0) is 111 Å². The lowest BCUT2D eigenvalue weighted by Gasteiger charge is -2.27. The topological polar surface area (TPSA) is 145 Å². The van der Waals surface area contributed by atoms with Crippen LogP contribution in [0.15, 0.2) is 110 Å². The van der Waals surface area contributed by atoms with Crippen LogP contribution in [-0.2, 0) is 21.9 Å². The molecule has 18 heteroatoms. The average Bonchev–Trinajstić information content (AvgIpc) is 3.93. The zero-order chi connectivity index (χ0) is 46.3. The number of likely N-dealkylation sites (N-methyl/N-ethyl adjacent to an activating group) is 1. The zero-order valence-corrected chi connectivity index (χ0v) is 35.4. The first-order chi connectivity index (χ1) is 29.8. The van der Waals surface area contributed by atoms with Crippen LogP contribution >= 0.6 is 0 Å². The molecule has 2 atom stereocenters. The first-order valence-corrected chi connectivity index (χ1v) is 19.7. The molecule has 4 heterocycles. The summed E-state index contributed by atoms with van der Waals surface area (Å²) in [6.07, 6.45) is 8.08. The second kappa shape index (κ2) is 22.2. The number of aromatic nitrogens is 8. The molecule has 0 fully saturated rings. The smallest absolute Gasteiger partial charge is 0.416 e. The number of carbonyl (C=O) groups is 2. The molecule has 2 aromatic carbocycles. The van der Waals surface area contributed by atoms with Crippen molar-refractivity contribution in [2.45, 2.75) is 78.7 Å². The monoisotopic (exact) mass is 875 g/mol. The van der Waals surface area contributed by atoms with Crippen molar-refractivity contribution in [1.82, 2.24) is 44.4 Å². The van der Waals surface area contributed by atoms with Crippen molar-refractivity contribution in [3.8, 4) is 22.8 Å². The maximum atomic E-state index is 13.1. The van der Waals surface area contributed by atoms with Gasteiger partial charge >= 0.3 is 18.3 Å². The lowest BCUT2D eigenvalue weighted by molar-refractivity contribution is -0.138. The molecular formula is C45H47F6N9O3. The van der Waals surface area contributed by atoms with E-state index in [1.807, 2.05) is 44.4 Å². The van der Waals surface area contributed by atoms with Crippen LogP contribution in [0.1, 0.15) is 85.9 Å². The summed E-state index contributed by atoms with van der Waals surface area (Å²) in [5.41, 5.74) is 2.08. The Morgan fingerprint density at radius 3 is 1.62 bits per heavy atom. The maximum Gasteiger partial charge on any atom is 0.416 e. The van der Waals surface area contributed by atoms with Crippen LogP contribution in [0.3, 0.4) is 0 Å². The van der Waals surface area contributed by atoms with Gasteiger partial charge in [-0.1, -0.05) is 32.4 Å². The molecule has 6 aromatic rings. The predicted octanol–water partition coefficient (Wildman–Crippen LogP) is 10.6. The van der Waals surface area contributed by atoms with Gasteiger partial charge in [-0.2, -0.15) is 26.3 Å². The van der Waals surface area contributed by atoms with Crippen molar-refractivity contribution in [2.24, 2.45) is 0 Å². The third-order valence-electron chi connectivity index (χ3n) is 9.32. The van der Waals surface area contributed by atoms with E-state index in [2.05, 4.69) is 50.0 Å². The normalized spacial score (nSPS) is 12.6. The Morgan fingerprint density at radius 2 is 1.21 bits per heavy atom. The molecule has 0 aliphatic heterocycles. The molecule has 0 bridgehead atoms. The number of carboxylic acid groups (broad SMARTS) is 1. The number of aryl methyl sites for hydroxylation is 2. The summed E-state index contributed by atoms with van der Waals surface area (Å²) >= 11 is 0.